The molecule has 0 fully saturated rings. The highest BCUT2D eigenvalue weighted by Crippen LogP contribution is 2.08. The van der Waals surface area contributed by atoms with E-state index < -0.39 is 35.1 Å². The van der Waals surface area contributed by atoms with E-state index >= 15 is 0 Å². The van der Waals surface area contributed by atoms with Gasteiger partial charge in [0, 0.05) is 10.4 Å². The summed E-state index contributed by atoms with van der Waals surface area (Å²) in [6.07, 6.45) is 0. The molecule has 0 spiro atoms. The van der Waals surface area contributed by atoms with Gasteiger partial charge in [-0.3, -0.25) is 9.35 Å². The molecule has 0 saturated heterocycles. The fraction of sp³-hybridized carbons (Fsp3) is 0.235. The van der Waals surface area contributed by atoms with Gasteiger partial charge in [-0.1, -0.05) is 6.07 Å². The van der Waals surface area contributed by atoms with Crippen LogP contribution in [0.25, 0.3) is 21.1 Å². The van der Waals surface area contributed by atoms with Crippen LogP contribution in [0.15, 0.2) is 12.1 Å². The second kappa shape index (κ2) is 10.4. The molecule has 0 aliphatic rings. The average molecular weight is 416 g/mol. The molecule has 11 nitrogen and oxygen atoms in total. The van der Waals surface area contributed by atoms with Gasteiger partial charge in [0.1, 0.15) is 19.0 Å². The first-order chi connectivity index (χ1) is 13.7. The number of carbonyl (C=O) groups is 1. The maximum absolute atomic E-state index is 11.2. The highest BCUT2D eigenvalue weighted by Gasteiger charge is 2.14. The minimum absolute atomic E-state index is 0.0122. The molecule has 0 radical (unpaired) electrons. The van der Waals surface area contributed by atoms with E-state index in [9.17, 15) is 18.3 Å². The lowest BCUT2D eigenvalue weighted by molar-refractivity contribution is -0.141. The van der Waals surface area contributed by atoms with Gasteiger partial charge in [0.15, 0.2) is 5.75 Å². The van der Waals surface area contributed by atoms with Crippen LogP contribution in [-0.2, 0) is 26.3 Å². The number of esters is 1. The summed E-state index contributed by atoms with van der Waals surface area (Å²) in [5.74, 6) is -2.54. The fourth-order valence-electron chi connectivity index (χ4n) is 2.07. The zero-order chi connectivity index (χ0) is 22.0. The largest absolute Gasteiger partial charge is 0.491 e. The number of carbonyl (C=O) groups excluding carboxylic acids is 1. The van der Waals surface area contributed by atoms with Gasteiger partial charge in [-0.25, -0.2) is 20.2 Å². The van der Waals surface area contributed by atoms with Gasteiger partial charge in [-0.15, -0.1) is 0 Å². The third-order valence-electron chi connectivity index (χ3n) is 3.23. The SMILES string of the molecule is [C-]#[N+]C(C#N)=c1cc(OCCOC(=O)CS(=O)(=O)O)c(=C(C#N)[N+]#[C-])cc1CO. The van der Waals surface area contributed by atoms with Crippen molar-refractivity contribution in [3.63, 3.8) is 0 Å². The highest BCUT2D eigenvalue weighted by atomic mass is 32.2. The number of aliphatic hydroxyl groups is 1. The van der Waals surface area contributed by atoms with E-state index in [1.807, 2.05) is 0 Å². The third kappa shape index (κ3) is 6.62. The quantitative estimate of drug-likeness (QED) is 0.247. The van der Waals surface area contributed by atoms with Crippen LogP contribution < -0.4 is 15.2 Å². The molecule has 0 aromatic heterocycles. The Morgan fingerprint density at radius 1 is 1.10 bits per heavy atom. The summed E-state index contributed by atoms with van der Waals surface area (Å²) in [5.41, 5.74) is -0.617. The van der Waals surface area contributed by atoms with Crippen LogP contribution in [0.1, 0.15) is 5.56 Å². The maximum atomic E-state index is 11.2. The van der Waals surface area contributed by atoms with Crippen LogP contribution in [-0.4, -0.2) is 43.0 Å². The second-order valence-corrected chi connectivity index (χ2v) is 6.56. The van der Waals surface area contributed by atoms with E-state index in [1.165, 1.54) is 12.1 Å². The average Bonchev–Trinajstić information content (AvgIpc) is 2.66. The van der Waals surface area contributed by atoms with Crippen molar-refractivity contribution in [2.45, 2.75) is 6.61 Å². The molecule has 148 valence electrons. The number of aliphatic hydroxyl groups excluding tert-OH is 1. The van der Waals surface area contributed by atoms with Crippen molar-refractivity contribution >= 4 is 27.5 Å². The van der Waals surface area contributed by atoms with E-state index in [1.54, 1.807) is 12.1 Å². The molecule has 1 aromatic rings. The molecule has 0 saturated carbocycles. The predicted octanol–water partition coefficient (Wildman–Crippen LogP) is -0.909. The minimum Gasteiger partial charge on any atom is -0.491 e. The van der Waals surface area contributed by atoms with Crippen LogP contribution >= 0.6 is 0 Å². The molecule has 0 aliphatic carbocycles. The Balaban J connectivity index is 3.33. The molecular formula is C17H12N4O7S. The molecule has 2 N–H and O–H groups in total. The van der Waals surface area contributed by atoms with Gasteiger partial charge in [0.05, 0.1) is 31.9 Å². The zero-order valence-corrected chi connectivity index (χ0v) is 15.4. The van der Waals surface area contributed by atoms with Crippen molar-refractivity contribution in [2.24, 2.45) is 0 Å². The Bertz CT molecular complexity index is 1180. The topological polar surface area (TPSA) is 166 Å². The number of nitrogens with zero attached hydrogens (tertiary/aromatic N) is 4. The van der Waals surface area contributed by atoms with E-state index in [2.05, 4.69) is 14.4 Å². The molecule has 0 unspecified atom stereocenters. The summed E-state index contributed by atoms with van der Waals surface area (Å²) < 4.78 is 39.7. The summed E-state index contributed by atoms with van der Waals surface area (Å²) in [4.78, 5) is 17.3. The van der Waals surface area contributed by atoms with Gasteiger partial charge in [0.25, 0.3) is 21.5 Å². The molecule has 0 amide bonds. The molecule has 1 rings (SSSR count). The monoisotopic (exact) mass is 416 g/mol. The lowest BCUT2D eigenvalue weighted by Crippen LogP contribution is -2.24. The molecule has 0 aliphatic heterocycles. The summed E-state index contributed by atoms with van der Waals surface area (Å²) in [5, 5.41) is 27.7. The Morgan fingerprint density at radius 2 is 1.69 bits per heavy atom. The van der Waals surface area contributed by atoms with Crippen LogP contribution in [0.5, 0.6) is 5.75 Å². The normalized spacial score (nSPS) is 12.3. The number of rotatable bonds is 7. The summed E-state index contributed by atoms with van der Waals surface area (Å²) in [6.45, 7) is 12.8. The third-order valence-corrected chi connectivity index (χ3v) is 3.83. The second-order valence-electron chi connectivity index (χ2n) is 5.10. The standard InChI is InChI=1S/C17H12N4O7S/c1-20-14(7-18)12-6-16(13(5-11(12)9-22)15(8-19)21-2)27-3-4-28-17(23)10-29(24,25)26/h5-6,22H,3-4,9-10H2,(H,24,25,26). The molecule has 0 bridgehead atoms. The van der Waals surface area contributed by atoms with Crippen LogP contribution in [0.3, 0.4) is 0 Å². The number of nitriles is 2. The Kier molecular flexibility index (Phi) is 8.29. The van der Waals surface area contributed by atoms with Crippen molar-refractivity contribution in [1.29, 1.82) is 10.5 Å². The van der Waals surface area contributed by atoms with E-state index in [0.29, 0.717) is 0 Å². The summed E-state index contributed by atoms with van der Waals surface area (Å²) in [6, 6.07) is 5.75. The molecule has 0 atom stereocenters. The van der Waals surface area contributed by atoms with Crippen molar-refractivity contribution in [3.8, 4) is 17.9 Å². The van der Waals surface area contributed by atoms with Crippen LogP contribution in [0.4, 0.5) is 0 Å². The summed E-state index contributed by atoms with van der Waals surface area (Å²) in [7, 11) is -4.54. The lowest BCUT2D eigenvalue weighted by atomic mass is 10.1. The van der Waals surface area contributed by atoms with Gasteiger partial charge in [-0.05, 0) is 11.6 Å². The van der Waals surface area contributed by atoms with Crippen molar-refractivity contribution in [3.05, 3.63) is 51.0 Å². The summed E-state index contributed by atoms with van der Waals surface area (Å²) >= 11 is 0. The lowest BCUT2D eigenvalue weighted by Gasteiger charge is -2.10. The first-order valence-corrected chi connectivity index (χ1v) is 9.12. The molecule has 29 heavy (non-hydrogen) atoms. The Labute approximate surface area is 165 Å². The van der Waals surface area contributed by atoms with Crippen LogP contribution in [0, 0.1) is 35.8 Å². The van der Waals surface area contributed by atoms with Gasteiger partial charge in [-0.2, -0.15) is 8.42 Å². The van der Waals surface area contributed by atoms with E-state index in [-0.39, 0.29) is 39.8 Å². The van der Waals surface area contributed by atoms with Gasteiger partial charge < -0.3 is 14.6 Å². The minimum atomic E-state index is -4.54. The number of hydrogen-bond acceptors (Lipinski definition) is 8. The van der Waals surface area contributed by atoms with E-state index in [4.69, 9.17) is 33.0 Å². The van der Waals surface area contributed by atoms with Crippen molar-refractivity contribution < 1.29 is 32.3 Å². The van der Waals surface area contributed by atoms with Crippen LogP contribution in [0.2, 0.25) is 0 Å². The first-order valence-electron chi connectivity index (χ1n) is 7.51. The molecular weight excluding hydrogens is 404 g/mol. The van der Waals surface area contributed by atoms with Crippen molar-refractivity contribution in [2.75, 3.05) is 19.0 Å². The maximum Gasteiger partial charge on any atom is 0.323 e. The van der Waals surface area contributed by atoms with Crippen molar-refractivity contribution in [1.82, 2.24) is 0 Å². The Morgan fingerprint density at radius 3 is 2.17 bits per heavy atom. The fourth-order valence-corrected chi connectivity index (χ4v) is 2.45. The molecule has 0 heterocycles. The smallest absolute Gasteiger partial charge is 0.323 e. The van der Waals surface area contributed by atoms with Gasteiger partial charge in [0.2, 0.25) is 0 Å². The molecule has 12 heteroatoms. The van der Waals surface area contributed by atoms with E-state index in [0.717, 1.165) is 0 Å². The number of benzene rings is 1. The first kappa shape index (κ1) is 23.1. The number of ether oxygens (including phenoxy) is 2. The zero-order valence-electron chi connectivity index (χ0n) is 14.6. The highest BCUT2D eigenvalue weighted by molar-refractivity contribution is 7.86. The predicted molar refractivity (Wildman–Crippen MR) is 95.7 cm³/mol. The molecule has 1 aromatic carbocycles. The van der Waals surface area contributed by atoms with Gasteiger partial charge >= 0.3 is 5.97 Å². The Hall–Kier alpha value is -3.94. The number of hydrogen-bond donors (Lipinski definition) is 2.